The number of benzene rings is 2. The van der Waals surface area contributed by atoms with Crippen LogP contribution in [0.25, 0.3) is 0 Å². The van der Waals surface area contributed by atoms with Crippen LogP contribution in [0.3, 0.4) is 0 Å². The molecule has 0 aliphatic rings. The summed E-state index contributed by atoms with van der Waals surface area (Å²) >= 11 is 0. The van der Waals surface area contributed by atoms with E-state index in [2.05, 4.69) is 10.5 Å². The van der Waals surface area contributed by atoms with E-state index >= 15 is 0 Å². The molecule has 0 spiro atoms. The fourth-order valence-electron chi connectivity index (χ4n) is 1.25. The standard InChI is InChI=1S/C13H12N2O.K/c16-13-8-6-11(7-9-13)10-14-15-12-4-2-1-3-5-12;/h1-10,15-16H;/q;+1/p-1/b14-10-;. The first-order chi connectivity index (χ1) is 7.84. The Balaban J connectivity index is 0.00000144. The van der Waals surface area contributed by atoms with Crippen LogP contribution in [-0.4, -0.2) is 6.21 Å². The maximum Gasteiger partial charge on any atom is 1.00 e. The molecule has 0 heterocycles. The molecule has 0 atom stereocenters. The second kappa shape index (κ2) is 7.63. The smallest absolute Gasteiger partial charge is 0.872 e. The summed E-state index contributed by atoms with van der Waals surface area (Å²) in [6, 6.07) is 16.2. The van der Waals surface area contributed by atoms with E-state index in [1.807, 2.05) is 30.3 Å². The third kappa shape index (κ3) is 5.02. The van der Waals surface area contributed by atoms with Crippen LogP contribution in [0, 0.1) is 0 Å². The molecule has 2 aromatic rings. The van der Waals surface area contributed by atoms with E-state index in [0.29, 0.717) is 0 Å². The van der Waals surface area contributed by atoms with Gasteiger partial charge in [-0.2, -0.15) is 5.10 Å². The fraction of sp³-hybridized carbons (Fsp3) is 0. The second-order valence-electron chi connectivity index (χ2n) is 3.31. The van der Waals surface area contributed by atoms with Crippen molar-refractivity contribution in [2.45, 2.75) is 0 Å². The van der Waals surface area contributed by atoms with Crippen molar-refractivity contribution in [3.63, 3.8) is 0 Å². The first kappa shape index (κ1) is 14.4. The molecule has 0 saturated carbocycles. The van der Waals surface area contributed by atoms with Gasteiger partial charge in [0.2, 0.25) is 0 Å². The van der Waals surface area contributed by atoms with Crippen molar-refractivity contribution < 1.29 is 56.5 Å². The van der Waals surface area contributed by atoms with Crippen LogP contribution in [0.5, 0.6) is 5.75 Å². The van der Waals surface area contributed by atoms with Gasteiger partial charge in [0.05, 0.1) is 11.9 Å². The minimum absolute atomic E-state index is 0. The third-order valence-electron chi connectivity index (χ3n) is 2.06. The molecule has 0 aromatic heterocycles. The molecule has 0 bridgehead atoms. The molecule has 0 aliphatic heterocycles. The Kier molecular flexibility index (Phi) is 6.47. The Hall–Kier alpha value is -0.654. The average Bonchev–Trinajstić information content (AvgIpc) is 2.33. The molecule has 3 nitrogen and oxygen atoms in total. The summed E-state index contributed by atoms with van der Waals surface area (Å²) in [6.45, 7) is 0. The maximum absolute atomic E-state index is 10.9. The van der Waals surface area contributed by atoms with Gasteiger partial charge in [-0.3, -0.25) is 5.43 Å². The van der Waals surface area contributed by atoms with Crippen LogP contribution in [0.2, 0.25) is 0 Å². The number of rotatable bonds is 3. The van der Waals surface area contributed by atoms with E-state index in [9.17, 15) is 5.11 Å². The van der Waals surface area contributed by atoms with Crippen LogP contribution in [-0.2, 0) is 0 Å². The second-order valence-corrected chi connectivity index (χ2v) is 3.31. The number of anilines is 1. The van der Waals surface area contributed by atoms with Crippen molar-refractivity contribution in [1.82, 2.24) is 0 Å². The van der Waals surface area contributed by atoms with Gasteiger partial charge < -0.3 is 5.11 Å². The van der Waals surface area contributed by atoms with Gasteiger partial charge in [0.15, 0.2) is 0 Å². The van der Waals surface area contributed by atoms with Crippen LogP contribution < -0.4 is 61.9 Å². The van der Waals surface area contributed by atoms with Gasteiger partial charge in [-0.05, 0) is 17.7 Å². The summed E-state index contributed by atoms with van der Waals surface area (Å²) < 4.78 is 0. The molecule has 0 amide bonds. The third-order valence-corrected chi connectivity index (χ3v) is 2.06. The minimum Gasteiger partial charge on any atom is -0.872 e. The molecule has 0 fully saturated rings. The molecule has 1 N–H and O–H groups in total. The molecule has 0 radical (unpaired) electrons. The van der Waals surface area contributed by atoms with Gasteiger partial charge >= 0.3 is 51.4 Å². The summed E-state index contributed by atoms with van der Waals surface area (Å²) in [5, 5.41) is 14.9. The van der Waals surface area contributed by atoms with E-state index < -0.39 is 0 Å². The molecule has 17 heavy (non-hydrogen) atoms. The van der Waals surface area contributed by atoms with Gasteiger partial charge in [0.1, 0.15) is 0 Å². The number of nitrogens with zero attached hydrogens (tertiary/aromatic N) is 1. The molecule has 4 heteroatoms. The summed E-state index contributed by atoms with van der Waals surface area (Å²) in [6.07, 6.45) is 1.67. The number of hydrazone groups is 1. The van der Waals surface area contributed by atoms with Crippen molar-refractivity contribution in [3.8, 4) is 5.75 Å². The molecule has 2 rings (SSSR count). The van der Waals surface area contributed by atoms with E-state index in [0.717, 1.165) is 11.3 Å². The maximum atomic E-state index is 10.9. The Morgan fingerprint density at radius 1 is 0.941 bits per heavy atom. The molecule has 2 aromatic carbocycles. The van der Waals surface area contributed by atoms with Crippen LogP contribution >= 0.6 is 0 Å². The van der Waals surface area contributed by atoms with E-state index in [1.54, 1.807) is 18.3 Å². The Bertz CT molecular complexity index is 469. The van der Waals surface area contributed by atoms with Gasteiger partial charge in [-0.15, -0.1) is 5.75 Å². The van der Waals surface area contributed by atoms with Crippen molar-refractivity contribution in [2.24, 2.45) is 5.10 Å². The quantitative estimate of drug-likeness (QED) is 0.441. The monoisotopic (exact) mass is 250 g/mol. The molecule has 80 valence electrons. The Morgan fingerprint density at radius 2 is 1.59 bits per heavy atom. The zero-order chi connectivity index (χ0) is 11.2. The largest absolute Gasteiger partial charge is 1.00 e. The summed E-state index contributed by atoms with van der Waals surface area (Å²) in [7, 11) is 0. The van der Waals surface area contributed by atoms with Crippen molar-refractivity contribution >= 4 is 11.9 Å². The van der Waals surface area contributed by atoms with Crippen LogP contribution in [0.15, 0.2) is 59.7 Å². The van der Waals surface area contributed by atoms with Gasteiger partial charge in [-0.1, -0.05) is 42.5 Å². The summed E-state index contributed by atoms with van der Waals surface area (Å²) in [4.78, 5) is 0. The van der Waals surface area contributed by atoms with Crippen LogP contribution in [0.1, 0.15) is 5.56 Å². The zero-order valence-electron chi connectivity index (χ0n) is 9.63. The van der Waals surface area contributed by atoms with Crippen molar-refractivity contribution in [2.75, 3.05) is 5.43 Å². The average molecular weight is 250 g/mol. The number of hydrogen-bond acceptors (Lipinski definition) is 3. The van der Waals surface area contributed by atoms with Gasteiger partial charge in [-0.25, -0.2) is 0 Å². The summed E-state index contributed by atoms with van der Waals surface area (Å²) in [5.74, 6) is 0.00756. The topological polar surface area (TPSA) is 47.5 Å². The number of nitrogens with one attached hydrogen (secondary N) is 1. The first-order valence-electron chi connectivity index (χ1n) is 4.96. The van der Waals surface area contributed by atoms with Gasteiger partial charge in [0.25, 0.3) is 0 Å². The molecule has 0 saturated heterocycles. The van der Waals surface area contributed by atoms with Crippen LogP contribution in [0.4, 0.5) is 5.69 Å². The SMILES string of the molecule is [K+].[O-]c1ccc(/C=N\Nc2ccccc2)cc1. The van der Waals surface area contributed by atoms with E-state index in [4.69, 9.17) is 0 Å². The predicted molar refractivity (Wildman–Crippen MR) is 63.5 cm³/mol. The van der Waals surface area contributed by atoms with Gasteiger partial charge in [0, 0.05) is 0 Å². The molecule has 0 aliphatic carbocycles. The molecular formula is C13H11KN2O. The van der Waals surface area contributed by atoms with Crippen molar-refractivity contribution in [3.05, 3.63) is 60.2 Å². The number of para-hydroxylation sites is 1. The molecule has 0 unspecified atom stereocenters. The normalized spacial score (nSPS) is 9.88. The minimum atomic E-state index is 0. The summed E-state index contributed by atoms with van der Waals surface area (Å²) in [5.41, 5.74) is 4.72. The number of hydrogen-bond donors (Lipinski definition) is 1. The van der Waals surface area contributed by atoms with E-state index in [-0.39, 0.29) is 57.1 Å². The Morgan fingerprint density at radius 3 is 2.24 bits per heavy atom. The molecular weight excluding hydrogens is 239 g/mol. The zero-order valence-corrected chi connectivity index (χ0v) is 12.8. The van der Waals surface area contributed by atoms with E-state index in [1.165, 1.54) is 12.1 Å². The first-order valence-corrected chi connectivity index (χ1v) is 4.96. The predicted octanol–water partition coefficient (Wildman–Crippen LogP) is -0.790. The van der Waals surface area contributed by atoms with Crippen molar-refractivity contribution in [1.29, 1.82) is 0 Å². The Labute approximate surface area is 143 Å². The fourth-order valence-corrected chi connectivity index (χ4v) is 1.25.